The van der Waals surface area contributed by atoms with Gasteiger partial charge in [0.25, 0.3) is 0 Å². The predicted octanol–water partition coefficient (Wildman–Crippen LogP) is 2.65. The van der Waals surface area contributed by atoms with Gasteiger partial charge in [-0.05, 0) is 34.6 Å². The monoisotopic (exact) mass is 814 g/mol. The molecule has 0 bridgehead atoms. The van der Waals surface area contributed by atoms with Crippen molar-refractivity contribution in [2.45, 2.75) is 34.6 Å². The van der Waals surface area contributed by atoms with E-state index in [2.05, 4.69) is 32.9 Å². The Labute approximate surface area is 335 Å². The van der Waals surface area contributed by atoms with Gasteiger partial charge in [0.1, 0.15) is 33.0 Å². The predicted molar refractivity (Wildman–Crippen MR) is 206 cm³/mol. The number of ether oxygens (including phenoxy) is 11. The summed E-state index contributed by atoms with van der Waals surface area (Å²) in [7, 11) is 0. The Morgan fingerprint density at radius 2 is 0.544 bits per heavy atom. The maximum Gasteiger partial charge on any atom is 0.333 e. The lowest BCUT2D eigenvalue weighted by Crippen LogP contribution is -2.46. The van der Waals surface area contributed by atoms with Crippen LogP contribution < -0.4 is 0 Å². The van der Waals surface area contributed by atoms with Gasteiger partial charge < -0.3 is 57.2 Å². The third-order valence-electron chi connectivity index (χ3n) is 7.24. The van der Waals surface area contributed by atoms with Crippen LogP contribution in [-0.4, -0.2) is 154 Å². The van der Waals surface area contributed by atoms with Crippen LogP contribution >= 0.6 is 0 Å². The van der Waals surface area contributed by atoms with Gasteiger partial charge in [-0.1, -0.05) is 32.9 Å². The first-order valence-corrected chi connectivity index (χ1v) is 18.1. The molecule has 0 aromatic heterocycles. The lowest BCUT2D eigenvalue weighted by atomic mass is 9.90. The van der Waals surface area contributed by atoms with Crippen molar-refractivity contribution in [3.63, 3.8) is 0 Å². The van der Waals surface area contributed by atoms with E-state index in [4.69, 9.17) is 52.1 Å². The number of aliphatic hydroxyl groups is 1. The standard InChI is InChI=1S/C40H62O17/c1-29(2)34(42)53-16-11-47-22-39(21-41,23-48-12-17-54-35(43)30(3)4)24-52-28-40(25-49-13-18-55-36(44)31(5)6,26-50-14-19-56-37(45)32(7)8)27-51-15-20-57-38(46)33(9)10/h41H,1,3,5,7,9,11-28H2,2,4,6,8,10H3. The lowest BCUT2D eigenvalue weighted by Gasteiger charge is -2.36. The van der Waals surface area contributed by atoms with Crippen molar-refractivity contribution in [2.75, 3.05) is 119 Å². The number of hydrogen-bond acceptors (Lipinski definition) is 17. The van der Waals surface area contributed by atoms with Gasteiger partial charge in [-0.15, -0.1) is 0 Å². The van der Waals surface area contributed by atoms with E-state index in [9.17, 15) is 29.1 Å². The third-order valence-corrected chi connectivity index (χ3v) is 7.24. The highest BCUT2D eigenvalue weighted by atomic mass is 16.6. The molecule has 0 unspecified atom stereocenters. The quantitative estimate of drug-likeness (QED) is 0.0422. The van der Waals surface area contributed by atoms with E-state index in [0.29, 0.717) is 0 Å². The summed E-state index contributed by atoms with van der Waals surface area (Å²) in [6.45, 7) is 23.7. The molecule has 0 saturated carbocycles. The molecule has 17 heteroatoms. The summed E-state index contributed by atoms with van der Waals surface area (Å²) in [6, 6.07) is 0. The Balaban J connectivity index is 6.13. The van der Waals surface area contributed by atoms with Crippen molar-refractivity contribution < 1.29 is 81.2 Å². The number of rotatable bonds is 35. The molecule has 0 saturated heterocycles. The van der Waals surface area contributed by atoms with Crippen molar-refractivity contribution in [3.8, 4) is 0 Å². The van der Waals surface area contributed by atoms with Gasteiger partial charge >= 0.3 is 29.8 Å². The molecule has 0 aliphatic carbocycles. The Bertz CT molecular complexity index is 1230. The zero-order chi connectivity index (χ0) is 43.3. The van der Waals surface area contributed by atoms with Gasteiger partial charge in [0.15, 0.2) is 0 Å². The minimum absolute atomic E-state index is 0.0125. The number of aliphatic hydroxyl groups excluding tert-OH is 1. The Kier molecular flexibility index (Phi) is 27.7. The maximum absolute atomic E-state index is 11.9. The summed E-state index contributed by atoms with van der Waals surface area (Å²) in [5.41, 5.74) is -1.13. The molecule has 0 aromatic rings. The van der Waals surface area contributed by atoms with Gasteiger partial charge in [-0.2, -0.15) is 0 Å². The van der Waals surface area contributed by atoms with Crippen LogP contribution in [0.25, 0.3) is 0 Å². The second-order valence-corrected chi connectivity index (χ2v) is 13.5. The molecule has 324 valence electrons. The van der Waals surface area contributed by atoms with Crippen molar-refractivity contribution in [1.82, 2.24) is 0 Å². The fourth-order valence-corrected chi connectivity index (χ4v) is 4.02. The third kappa shape index (κ3) is 24.9. The normalized spacial score (nSPS) is 11.3. The summed E-state index contributed by atoms with van der Waals surface area (Å²) in [6.07, 6.45) is 0. The van der Waals surface area contributed by atoms with E-state index in [-0.39, 0.29) is 140 Å². The Morgan fingerprint density at radius 3 is 0.754 bits per heavy atom. The van der Waals surface area contributed by atoms with Crippen molar-refractivity contribution in [2.24, 2.45) is 10.8 Å². The van der Waals surface area contributed by atoms with Crippen LogP contribution in [0.5, 0.6) is 0 Å². The molecule has 0 heterocycles. The van der Waals surface area contributed by atoms with Crippen molar-refractivity contribution >= 4 is 29.8 Å². The molecule has 0 aliphatic rings. The van der Waals surface area contributed by atoms with Crippen LogP contribution in [0.2, 0.25) is 0 Å². The van der Waals surface area contributed by atoms with Gasteiger partial charge in [0.2, 0.25) is 0 Å². The van der Waals surface area contributed by atoms with E-state index in [1.54, 1.807) is 0 Å². The van der Waals surface area contributed by atoms with Crippen LogP contribution in [0.4, 0.5) is 0 Å². The number of carbonyl (C=O) groups is 5. The first kappa shape index (κ1) is 52.8. The van der Waals surface area contributed by atoms with Crippen LogP contribution in [0.15, 0.2) is 60.8 Å². The fourth-order valence-electron chi connectivity index (χ4n) is 4.02. The lowest BCUT2D eigenvalue weighted by molar-refractivity contribution is -0.154. The summed E-state index contributed by atoms with van der Waals surface area (Å²) >= 11 is 0. The molecule has 0 fully saturated rings. The largest absolute Gasteiger partial charge is 0.460 e. The molecule has 0 spiro atoms. The first-order chi connectivity index (χ1) is 26.9. The maximum atomic E-state index is 11.9. The van der Waals surface area contributed by atoms with Crippen LogP contribution in [-0.2, 0) is 76.1 Å². The summed E-state index contributed by atoms with van der Waals surface area (Å²) in [5, 5.41) is 10.6. The molecule has 0 amide bonds. The second kappa shape index (κ2) is 29.9. The summed E-state index contributed by atoms with van der Waals surface area (Å²) < 4.78 is 61.1. The second-order valence-electron chi connectivity index (χ2n) is 13.5. The molecule has 57 heavy (non-hydrogen) atoms. The molecule has 17 nitrogen and oxygen atoms in total. The topological polar surface area (TPSA) is 207 Å². The zero-order valence-corrected chi connectivity index (χ0v) is 34.2. The fraction of sp³-hybridized carbons (Fsp3) is 0.625. The number of esters is 5. The molecule has 0 rings (SSSR count). The smallest absolute Gasteiger partial charge is 0.333 e. The SMILES string of the molecule is C=C(C)C(=O)OCCOCC(CO)(COCCOC(=O)C(=C)C)COCC(COCCOC(=O)C(=C)C)(COCCOC(=O)C(=C)C)COCCOC(=O)C(=C)C. The van der Waals surface area contributed by atoms with Gasteiger partial charge in [-0.3, -0.25) is 0 Å². The highest BCUT2D eigenvalue weighted by molar-refractivity contribution is 5.88. The number of carbonyl (C=O) groups excluding carboxylic acids is 5. The molecule has 0 atom stereocenters. The zero-order valence-electron chi connectivity index (χ0n) is 34.2. The van der Waals surface area contributed by atoms with E-state index >= 15 is 0 Å². The average Bonchev–Trinajstić information content (AvgIpc) is 3.15. The van der Waals surface area contributed by atoms with E-state index in [0.717, 1.165) is 0 Å². The van der Waals surface area contributed by atoms with Gasteiger partial charge in [-0.25, -0.2) is 24.0 Å². The summed E-state index contributed by atoms with van der Waals surface area (Å²) in [4.78, 5) is 59.2. The molecule has 1 N–H and O–H groups in total. The van der Waals surface area contributed by atoms with Gasteiger partial charge in [0, 0.05) is 27.9 Å². The minimum Gasteiger partial charge on any atom is -0.460 e. The molecule has 0 aromatic carbocycles. The van der Waals surface area contributed by atoms with E-state index < -0.39 is 47.3 Å². The Morgan fingerprint density at radius 1 is 0.351 bits per heavy atom. The molecular weight excluding hydrogens is 752 g/mol. The van der Waals surface area contributed by atoms with Crippen LogP contribution in [0, 0.1) is 10.8 Å². The van der Waals surface area contributed by atoms with Crippen LogP contribution in [0.1, 0.15) is 34.6 Å². The Hall–Kier alpha value is -4.23. The van der Waals surface area contributed by atoms with E-state index in [1.165, 1.54) is 34.6 Å². The van der Waals surface area contributed by atoms with Crippen molar-refractivity contribution in [3.05, 3.63) is 60.8 Å². The average molecular weight is 815 g/mol. The summed E-state index contributed by atoms with van der Waals surface area (Å²) in [5.74, 6) is -2.91. The molecular formula is C40H62O17. The molecule has 0 aliphatic heterocycles. The molecule has 0 radical (unpaired) electrons. The van der Waals surface area contributed by atoms with Crippen molar-refractivity contribution in [1.29, 1.82) is 0 Å². The van der Waals surface area contributed by atoms with Crippen LogP contribution in [0.3, 0.4) is 0 Å². The number of hydrogen-bond donors (Lipinski definition) is 1. The van der Waals surface area contributed by atoms with E-state index in [1.807, 2.05) is 0 Å². The van der Waals surface area contributed by atoms with Gasteiger partial charge in [0.05, 0.1) is 96.7 Å². The minimum atomic E-state index is -1.17. The first-order valence-electron chi connectivity index (χ1n) is 18.1. The highest BCUT2D eigenvalue weighted by Crippen LogP contribution is 2.25. The highest BCUT2D eigenvalue weighted by Gasteiger charge is 2.36.